The van der Waals surface area contributed by atoms with E-state index >= 15 is 0 Å². The minimum Gasteiger partial charge on any atom is -0.383 e. The molecule has 2 aromatic rings. The van der Waals surface area contributed by atoms with Crippen molar-refractivity contribution < 1.29 is 9.13 Å². The van der Waals surface area contributed by atoms with Crippen molar-refractivity contribution in [2.45, 2.75) is 16.3 Å². The molecule has 0 heterocycles. The van der Waals surface area contributed by atoms with Crippen LogP contribution in [0.4, 0.5) is 4.39 Å². The molecule has 0 saturated carbocycles. The summed E-state index contributed by atoms with van der Waals surface area (Å²) in [4.78, 5) is 1.79. The fourth-order valence-corrected chi connectivity index (χ4v) is 3.15. The predicted octanol–water partition coefficient (Wildman–Crippen LogP) is 4.37. The van der Waals surface area contributed by atoms with Crippen LogP contribution in [0.2, 0.25) is 5.02 Å². The van der Waals surface area contributed by atoms with Crippen LogP contribution in [0.3, 0.4) is 0 Å². The zero-order chi connectivity index (χ0) is 15.1. The molecule has 1 N–H and O–H groups in total. The van der Waals surface area contributed by atoms with Crippen LogP contribution in [0.1, 0.15) is 5.56 Å². The van der Waals surface area contributed by atoms with Crippen molar-refractivity contribution in [3.05, 3.63) is 58.9 Å². The summed E-state index contributed by atoms with van der Waals surface area (Å²) in [6.07, 6.45) is 0. The third kappa shape index (κ3) is 5.00. The summed E-state index contributed by atoms with van der Waals surface area (Å²) >= 11 is 7.77. The lowest BCUT2D eigenvalue weighted by Gasteiger charge is -2.12. The number of ether oxygens (including phenoxy) is 1. The SMILES string of the molecule is COCCNCc1cccc(Cl)c1Sc1cccc(F)c1. The van der Waals surface area contributed by atoms with E-state index in [2.05, 4.69) is 5.32 Å². The Morgan fingerprint density at radius 3 is 2.81 bits per heavy atom. The molecule has 2 nitrogen and oxygen atoms in total. The zero-order valence-corrected chi connectivity index (χ0v) is 13.3. The summed E-state index contributed by atoms with van der Waals surface area (Å²) in [5.74, 6) is -0.244. The second kappa shape index (κ2) is 8.39. The van der Waals surface area contributed by atoms with Gasteiger partial charge in [-0.2, -0.15) is 0 Å². The summed E-state index contributed by atoms with van der Waals surface area (Å²) < 4.78 is 18.3. The molecular weight excluding hydrogens is 309 g/mol. The number of rotatable bonds is 7. The molecule has 5 heteroatoms. The molecule has 0 atom stereocenters. The summed E-state index contributed by atoms with van der Waals surface area (Å²) in [5.41, 5.74) is 1.09. The van der Waals surface area contributed by atoms with Gasteiger partial charge < -0.3 is 10.1 Å². The lowest BCUT2D eigenvalue weighted by atomic mass is 10.2. The maximum atomic E-state index is 13.3. The van der Waals surface area contributed by atoms with Gasteiger partial charge in [-0.25, -0.2) is 4.39 Å². The second-order valence-corrected chi connectivity index (χ2v) is 5.95. The topological polar surface area (TPSA) is 21.3 Å². The van der Waals surface area contributed by atoms with E-state index in [0.717, 1.165) is 21.9 Å². The van der Waals surface area contributed by atoms with E-state index in [-0.39, 0.29) is 5.82 Å². The third-order valence-electron chi connectivity index (χ3n) is 2.86. The van der Waals surface area contributed by atoms with E-state index in [1.807, 2.05) is 24.3 Å². The van der Waals surface area contributed by atoms with Gasteiger partial charge in [0.25, 0.3) is 0 Å². The Balaban J connectivity index is 2.13. The first-order chi connectivity index (χ1) is 10.2. The maximum Gasteiger partial charge on any atom is 0.124 e. The Bertz CT molecular complexity index is 594. The Kier molecular flexibility index (Phi) is 6.51. The first kappa shape index (κ1) is 16.3. The highest BCUT2D eigenvalue weighted by atomic mass is 35.5. The van der Waals surface area contributed by atoms with Gasteiger partial charge in [0, 0.05) is 30.0 Å². The van der Waals surface area contributed by atoms with E-state index in [0.29, 0.717) is 18.2 Å². The summed E-state index contributed by atoms with van der Waals surface area (Å²) in [6.45, 7) is 2.13. The van der Waals surface area contributed by atoms with E-state index in [9.17, 15) is 4.39 Å². The monoisotopic (exact) mass is 325 g/mol. The van der Waals surface area contributed by atoms with Crippen LogP contribution in [-0.2, 0) is 11.3 Å². The van der Waals surface area contributed by atoms with Crippen molar-refractivity contribution in [2.75, 3.05) is 20.3 Å². The predicted molar refractivity (Wildman–Crippen MR) is 85.6 cm³/mol. The molecule has 0 aliphatic carbocycles. The van der Waals surface area contributed by atoms with Crippen LogP contribution in [0, 0.1) is 5.82 Å². The number of hydrogen-bond acceptors (Lipinski definition) is 3. The van der Waals surface area contributed by atoms with Crippen molar-refractivity contribution in [1.29, 1.82) is 0 Å². The normalized spacial score (nSPS) is 10.8. The molecule has 0 fully saturated rings. The summed E-state index contributed by atoms with van der Waals surface area (Å²) in [6, 6.07) is 12.3. The highest BCUT2D eigenvalue weighted by molar-refractivity contribution is 7.99. The highest BCUT2D eigenvalue weighted by Crippen LogP contribution is 2.36. The smallest absolute Gasteiger partial charge is 0.124 e. The van der Waals surface area contributed by atoms with Gasteiger partial charge in [-0.15, -0.1) is 0 Å². The van der Waals surface area contributed by atoms with Gasteiger partial charge in [0.05, 0.1) is 11.6 Å². The number of benzene rings is 2. The molecule has 0 aliphatic heterocycles. The van der Waals surface area contributed by atoms with E-state index in [1.165, 1.54) is 23.9 Å². The maximum absolute atomic E-state index is 13.3. The van der Waals surface area contributed by atoms with Crippen molar-refractivity contribution in [2.24, 2.45) is 0 Å². The average molecular weight is 326 g/mol. The molecule has 0 spiro atoms. The van der Waals surface area contributed by atoms with Crippen LogP contribution >= 0.6 is 23.4 Å². The Labute approximate surface area is 133 Å². The van der Waals surface area contributed by atoms with Crippen molar-refractivity contribution in [3.63, 3.8) is 0 Å². The van der Waals surface area contributed by atoms with Gasteiger partial charge >= 0.3 is 0 Å². The van der Waals surface area contributed by atoms with Gasteiger partial charge in [0.15, 0.2) is 0 Å². The molecule has 0 aromatic heterocycles. The molecular formula is C16H17ClFNOS. The number of methoxy groups -OCH3 is 1. The quantitative estimate of drug-likeness (QED) is 0.764. The zero-order valence-electron chi connectivity index (χ0n) is 11.7. The largest absolute Gasteiger partial charge is 0.383 e. The molecule has 2 rings (SSSR count). The summed E-state index contributed by atoms with van der Waals surface area (Å²) in [5, 5.41) is 3.97. The van der Waals surface area contributed by atoms with Crippen molar-refractivity contribution in [3.8, 4) is 0 Å². The molecule has 2 aromatic carbocycles. The standard InChI is InChI=1S/C16H17ClFNOS/c1-20-9-8-19-11-12-4-2-7-15(17)16(12)21-14-6-3-5-13(18)10-14/h2-7,10,19H,8-9,11H2,1H3. The van der Waals surface area contributed by atoms with E-state index < -0.39 is 0 Å². The Hall–Kier alpha value is -1.07. The van der Waals surface area contributed by atoms with Crippen LogP contribution < -0.4 is 5.32 Å². The van der Waals surface area contributed by atoms with E-state index in [4.69, 9.17) is 16.3 Å². The fourth-order valence-electron chi connectivity index (χ4n) is 1.85. The van der Waals surface area contributed by atoms with Crippen LogP contribution in [0.15, 0.2) is 52.3 Å². The van der Waals surface area contributed by atoms with Crippen molar-refractivity contribution >= 4 is 23.4 Å². The molecule has 21 heavy (non-hydrogen) atoms. The Morgan fingerprint density at radius 1 is 1.24 bits per heavy atom. The third-order valence-corrected chi connectivity index (χ3v) is 4.47. The molecule has 0 unspecified atom stereocenters. The first-order valence-electron chi connectivity index (χ1n) is 6.61. The molecule has 0 radical (unpaired) electrons. The lowest BCUT2D eigenvalue weighted by molar-refractivity contribution is 0.199. The fraction of sp³-hybridized carbons (Fsp3) is 0.250. The second-order valence-electron chi connectivity index (χ2n) is 4.46. The Morgan fingerprint density at radius 2 is 2.05 bits per heavy atom. The van der Waals surface area contributed by atoms with Crippen molar-refractivity contribution in [1.82, 2.24) is 5.32 Å². The van der Waals surface area contributed by atoms with Gasteiger partial charge in [0.2, 0.25) is 0 Å². The highest BCUT2D eigenvalue weighted by Gasteiger charge is 2.09. The van der Waals surface area contributed by atoms with Crippen LogP contribution in [0.25, 0.3) is 0 Å². The molecule has 0 bridgehead atoms. The number of nitrogens with one attached hydrogen (secondary N) is 1. The molecule has 0 saturated heterocycles. The molecule has 0 amide bonds. The number of halogens is 2. The van der Waals surface area contributed by atoms with Crippen LogP contribution in [0.5, 0.6) is 0 Å². The summed E-state index contributed by atoms with van der Waals surface area (Å²) in [7, 11) is 1.67. The van der Waals surface area contributed by atoms with Gasteiger partial charge in [-0.1, -0.05) is 41.6 Å². The van der Waals surface area contributed by atoms with E-state index in [1.54, 1.807) is 13.2 Å². The lowest BCUT2D eigenvalue weighted by Crippen LogP contribution is -2.18. The molecule has 112 valence electrons. The van der Waals surface area contributed by atoms with Gasteiger partial charge in [-0.05, 0) is 29.8 Å². The molecule has 0 aliphatic rings. The van der Waals surface area contributed by atoms with Crippen LogP contribution in [-0.4, -0.2) is 20.3 Å². The minimum absolute atomic E-state index is 0.244. The number of hydrogen-bond donors (Lipinski definition) is 1. The van der Waals surface area contributed by atoms with Gasteiger partial charge in [0.1, 0.15) is 5.82 Å². The van der Waals surface area contributed by atoms with Gasteiger partial charge in [-0.3, -0.25) is 0 Å². The minimum atomic E-state index is -0.244. The first-order valence-corrected chi connectivity index (χ1v) is 7.80. The average Bonchev–Trinajstić information content (AvgIpc) is 2.47.